The van der Waals surface area contributed by atoms with Gasteiger partial charge in [-0.15, -0.1) is 0 Å². The molecule has 0 radical (unpaired) electrons. The zero-order valence-corrected chi connectivity index (χ0v) is 10.7. The summed E-state index contributed by atoms with van der Waals surface area (Å²) < 4.78 is 11.6. The second-order valence-electron chi connectivity index (χ2n) is 2.56. The lowest BCUT2D eigenvalue weighted by molar-refractivity contribution is 0.299. The van der Waals surface area contributed by atoms with Gasteiger partial charge in [-0.1, -0.05) is 0 Å². The second kappa shape index (κ2) is 5.33. The van der Waals surface area contributed by atoms with Gasteiger partial charge in [-0.2, -0.15) is 9.97 Å². The minimum Gasteiger partial charge on any atom is -0.477 e. The monoisotopic (exact) mass is 308 g/mol. The number of rotatable bonds is 4. The lowest BCUT2D eigenvalue weighted by Gasteiger charge is -2.09. The molecule has 1 rings (SSSR count). The molecule has 0 saturated carbocycles. The van der Waals surface area contributed by atoms with Crippen molar-refractivity contribution in [2.75, 3.05) is 13.2 Å². The Balaban J connectivity index is 3.04. The number of nitrogens with zero attached hydrogens (tertiary/aromatic N) is 2. The second-order valence-corrected chi connectivity index (χ2v) is 3.64. The normalized spacial score (nSPS) is 10.0. The van der Waals surface area contributed by atoms with Gasteiger partial charge in [0.05, 0.1) is 13.2 Å². The average Bonchev–Trinajstić information content (AvgIpc) is 2.14. The van der Waals surface area contributed by atoms with Crippen molar-refractivity contribution in [2.45, 2.75) is 20.8 Å². The molecule has 0 aliphatic carbocycles. The quantitative estimate of drug-likeness (QED) is 0.800. The lowest BCUT2D eigenvalue weighted by atomic mass is 10.5. The maximum atomic E-state index is 5.37. The Morgan fingerprint density at radius 1 is 1.07 bits per heavy atom. The Kier molecular flexibility index (Phi) is 4.37. The summed E-state index contributed by atoms with van der Waals surface area (Å²) in [6.45, 7) is 6.86. The van der Waals surface area contributed by atoms with E-state index in [2.05, 4.69) is 32.6 Å². The van der Waals surface area contributed by atoms with Crippen LogP contribution in [0.5, 0.6) is 11.8 Å². The molecule has 5 heteroatoms. The largest absolute Gasteiger partial charge is 0.477 e. The molecule has 0 atom stereocenters. The molecule has 14 heavy (non-hydrogen) atoms. The fourth-order valence-electron chi connectivity index (χ4n) is 0.973. The van der Waals surface area contributed by atoms with Crippen LogP contribution in [-0.4, -0.2) is 23.2 Å². The first-order valence-corrected chi connectivity index (χ1v) is 5.56. The van der Waals surface area contributed by atoms with Gasteiger partial charge < -0.3 is 9.47 Å². The molecule has 4 nitrogen and oxygen atoms in total. The smallest absolute Gasteiger partial charge is 0.234 e. The van der Waals surface area contributed by atoms with Crippen LogP contribution < -0.4 is 9.47 Å². The Morgan fingerprint density at radius 2 is 1.50 bits per heavy atom. The van der Waals surface area contributed by atoms with E-state index in [4.69, 9.17) is 9.47 Å². The summed E-state index contributed by atoms with van der Waals surface area (Å²) in [6, 6.07) is 0. The minimum absolute atomic E-state index is 0.595. The minimum atomic E-state index is 0.595. The number of halogens is 1. The molecule has 1 aromatic heterocycles. The predicted molar refractivity (Wildman–Crippen MR) is 61.8 cm³/mol. The maximum Gasteiger partial charge on any atom is 0.234 e. The van der Waals surface area contributed by atoms with Crippen LogP contribution in [-0.2, 0) is 0 Å². The fraction of sp³-hybridized carbons (Fsp3) is 0.556. The summed E-state index contributed by atoms with van der Waals surface area (Å²) in [7, 11) is 0. The summed E-state index contributed by atoms with van der Waals surface area (Å²) >= 11 is 2.13. The van der Waals surface area contributed by atoms with Crippen LogP contribution in [0.3, 0.4) is 0 Å². The Bertz CT molecular complexity index is 291. The first kappa shape index (κ1) is 11.5. The third-order valence-corrected chi connectivity index (χ3v) is 2.39. The van der Waals surface area contributed by atoms with E-state index < -0.39 is 0 Å². The maximum absolute atomic E-state index is 5.37. The van der Waals surface area contributed by atoms with Crippen molar-refractivity contribution in [1.29, 1.82) is 0 Å². The van der Waals surface area contributed by atoms with Crippen LogP contribution in [0, 0.1) is 10.5 Å². The molecule has 0 unspecified atom stereocenters. The molecule has 0 bridgehead atoms. The predicted octanol–water partition coefficient (Wildman–Crippen LogP) is 2.19. The van der Waals surface area contributed by atoms with E-state index in [0.717, 1.165) is 3.57 Å². The Hall–Kier alpha value is -0.590. The van der Waals surface area contributed by atoms with Crippen molar-refractivity contribution in [3.63, 3.8) is 0 Å². The number of ether oxygens (including phenoxy) is 2. The van der Waals surface area contributed by atoms with E-state index in [1.807, 2.05) is 20.8 Å². The Labute approximate surface area is 97.2 Å². The molecule has 0 fully saturated rings. The summed E-state index contributed by atoms with van der Waals surface area (Å²) in [5, 5.41) is 0. The highest BCUT2D eigenvalue weighted by Gasteiger charge is 2.11. The standard InChI is InChI=1S/C9H13IN2O2/c1-4-13-8-7(10)9(14-5-2)12-6(3)11-8/h4-5H2,1-3H3. The number of aryl methyl sites for hydroxylation is 1. The van der Waals surface area contributed by atoms with E-state index >= 15 is 0 Å². The van der Waals surface area contributed by atoms with Gasteiger partial charge >= 0.3 is 0 Å². The van der Waals surface area contributed by atoms with Crippen molar-refractivity contribution in [3.05, 3.63) is 9.39 Å². The topological polar surface area (TPSA) is 44.2 Å². The van der Waals surface area contributed by atoms with Crippen LogP contribution in [0.2, 0.25) is 0 Å². The van der Waals surface area contributed by atoms with Gasteiger partial charge in [0.1, 0.15) is 9.39 Å². The van der Waals surface area contributed by atoms with Gasteiger partial charge in [-0.05, 0) is 43.4 Å². The first-order valence-electron chi connectivity index (χ1n) is 4.48. The zero-order chi connectivity index (χ0) is 10.6. The number of aromatic nitrogens is 2. The molecule has 1 heterocycles. The first-order chi connectivity index (χ1) is 6.69. The van der Waals surface area contributed by atoms with Crippen LogP contribution in [0.1, 0.15) is 19.7 Å². The highest BCUT2D eigenvalue weighted by Crippen LogP contribution is 2.26. The van der Waals surface area contributed by atoms with Gasteiger partial charge in [-0.25, -0.2) is 0 Å². The number of hydrogen-bond acceptors (Lipinski definition) is 4. The Morgan fingerprint density at radius 3 is 1.86 bits per heavy atom. The lowest BCUT2D eigenvalue weighted by Crippen LogP contribution is -2.05. The van der Waals surface area contributed by atoms with E-state index in [0.29, 0.717) is 30.8 Å². The fourth-order valence-corrected chi connectivity index (χ4v) is 1.53. The SMILES string of the molecule is CCOc1nc(C)nc(OCC)c1I. The van der Waals surface area contributed by atoms with E-state index in [1.165, 1.54) is 0 Å². The van der Waals surface area contributed by atoms with Gasteiger partial charge in [0.2, 0.25) is 11.8 Å². The van der Waals surface area contributed by atoms with E-state index in [9.17, 15) is 0 Å². The molecule has 0 N–H and O–H groups in total. The van der Waals surface area contributed by atoms with Gasteiger partial charge in [0.15, 0.2) is 0 Å². The van der Waals surface area contributed by atoms with Gasteiger partial charge in [-0.3, -0.25) is 0 Å². The summed E-state index contributed by atoms with van der Waals surface area (Å²) in [4.78, 5) is 8.37. The van der Waals surface area contributed by atoms with Crippen molar-refractivity contribution in [3.8, 4) is 11.8 Å². The van der Waals surface area contributed by atoms with Crippen LogP contribution in [0.4, 0.5) is 0 Å². The molecule has 0 aliphatic heterocycles. The highest BCUT2D eigenvalue weighted by molar-refractivity contribution is 14.1. The molecule has 0 aliphatic rings. The average molecular weight is 308 g/mol. The summed E-state index contributed by atoms with van der Waals surface area (Å²) in [5.74, 6) is 1.87. The van der Waals surface area contributed by atoms with Crippen LogP contribution >= 0.6 is 22.6 Å². The van der Waals surface area contributed by atoms with Crippen molar-refractivity contribution < 1.29 is 9.47 Å². The molecule has 0 saturated heterocycles. The number of hydrogen-bond donors (Lipinski definition) is 0. The zero-order valence-electron chi connectivity index (χ0n) is 8.50. The van der Waals surface area contributed by atoms with E-state index in [-0.39, 0.29) is 0 Å². The molecule has 1 aromatic rings. The van der Waals surface area contributed by atoms with Gasteiger partial charge in [0.25, 0.3) is 0 Å². The van der Waals surface area contributed by atoms with Gasteiger partial charge in [0, 0.05) is 0 Å². The highest BCUT2D eigenvalue weighted by atomic mass is 127. The van der Waals surface area contributed by atoms with E-state index in [1.54, 1.807) is 0 Å². The molecule has 0 amide bonds. The van der Waals surface area contributed by atoms with Crippen LogP contribution in [0.15, 0.2) is 0 Å². The molecular weight excluding hydrogens is 295 g/mol. The third kappa shape index (κ3) is 2.70. The summed E-state index contributed by atoms with van der Waals surface area (Å²) in [6.07, 6.45) is 0. The van der Waals surface area contributed by atoms with Crippen LogP contribution in [0.25, 0.3) is 0 Å². The van der Waals surface area contributed by atoms with Crippen molar-refractivity contribution >= 4 is 22.6 Å². The molecule has 0 aromatic carbocycles. The molecule has 78 valence electrons. The van der Waals surface area contributed by atoms with Crippen molar-refractivity contribution in [2.24, 2.45) is 0 Å². The summed E-state index contributed by atoms with van der Waals surface area (Å²) in [5.41, 5.74) is 0. The van der Waals surface area contributed by atoms with Crippen molar-refractivity contribution in [1.82, 2.24) is 9.97 Å². The molecule has 0 spiro atoms. The third-order valence-electron chi connectivity index (χ3n) is 1.46. The molecular formula is C9H13IN2O2.